The van der Waals surface area contributed by atoms with Crippen molar-refractivity contribution in [1.29, 1.82) is 0 Å². The van der Waals surface area contributed by atoms with Crippen LogP contribution in [0.2, 0.25) is 10.0 Å². The molecule has 0 saturated carbocycles. The first kappa shape index (κ1) is 20.5. The van der Waals surface area contributed by atoms with Crippen molar-refractivity contribution >= 4 is 58.5 Å². The summed E-state index contributed by atoms with van der Waals surface area (Å²) in [5, 5.41) is 6.96. The predicted octanol–water partition coefficient (Wildman–Crippen LogP) is 6.01. The molecule has 0 atom stereocenters. The maximum absolute atomic E-state index is 12.5. The summed E-state index contributed by atoms with van der Waals surface area (Å²) in [7, 11) is 0. The van der Waals surface area contributed by atoms with Gasteiger partial charge in [0.05, 0.1) is 10.6 Å². The van der Waals surface area contributed by atoms with E-state index in [1.165, 1.54) is 11.8 Å². The second-order valence-corrected chi connectivity index (χ2v) is 8.53. The third-order valence-corrected chi connectivity index (χ3v) is 6.19. The van der Waals surface area contributed by atoms with E-state index in [9.17, 15) is 9.59 Å². The lowest BCUT2D eigenvalue weighted by Gasteiger charge is -2.19. The standard InChI is InChI=1S/C23H16Cl2N2O2S/c24-17-8-5-14(6-9-17)13-26-22(28)16-7-10-20-19(11-16)27-23(29)21(30-20)12-15-3-1-2-4-18(15)25/h1-12H,13H2,(H,26,28)(H,27,29)/b21-12+. The number of anilines is 1. The van der Waals surface area contributed by atoms with Crippen LogP contribution >= 0.6 is 35.0 Å². The fourth-order valence-corrected chi connectivity index (χ4v) is 4.16. The summed E-state index contributed by atoms with van der Waals surface area (Å²) >= 11 is 13.4. The first-order chi connectivity index (χ1) is 14.5. The normalized spacial score (nSPS) is 14.2. The second kappa shape index (κ2) is 8.96. The van der Waals surface area contributed by atoms with E-state index in [-0.39, 0.29) is 11.8 Å². The molecular formula is C23H16Cl2N2O2S. The molecule has 0 radical (unpaired) electrons. The zero-order chi connectivity index (χ0) is 21.1. The molecule has 150 valence electrons. The van der Waals surface area contributed by atoms with Gasteiger partial charge in [-0.3, -0.25) is 9.59 Å². The molecule has 4 nitrogen and oxygen atoms in total. The fourth-order valence-electron chi connectivity index (χ4n) is 2.92. The molecular weight excluding hydrogens is 439 g/mol. The first-order valence-electron chi connectivity index (χ1n) is 9.12. The zero-order valence-corrected chi connectivity index (χ0v) is 17.9. The minimum Gasteiger partial charge on any atom is -0.348 e. The molecule has 0 unspecified atom stereocenters. The summed E-state index contributed by atoms with van der Waals surface area (Å²) in [6.45, 7) is 0.388. The number of thioether (sulfide) groups is 1. The van der Waals surface area contributed by atoms with Gasteiger partial charge in [-0.25, -0.2) is 0 Å². The third kappa shape index (κ3) is 4.70. The van der Waals surface area contributed by atoms with Crippen molar-refractivity contribution < 1.29 is 9.59 Å². The van der Waals surface area contributed by atoms with Crippen LogP contribution in [-0.4, -0.2) is 11.8 Å². The van der Waals surface area contributed by atoms with Crippen molar-refractivity contribution in [2.24, 2.45) is 0 Å². The number of carbonyl (C=O) groups excluding carboxylic acids is 2. The van der Waals surface area contributed by atoms with Crippen LogP contribution in [0.3, 0.4) is 0 Å². The van der Waals surface area contributed by atoms with E-state index in [4.69, 9.17) is 23.2 Å². The van der Waals surface area contributed by atoms with Crippen molar-refractivity contribution in [3.8, 4) is 0 Å². The van der Waals surface area contributed by atoms with E-state index < -0.39 is 0 Å². The third-order valence-electron chi connectivity index (χ3n) is 4.49. The Morgan fingerprint density at radius 2 is 1.80 bits per heavy atom. The van der Waals surface area contributed by atoms with Crippen molar-refractivity contribution in [1.82, 2.24) is 5.32 Å². The van der Waals surface area contributed by atoms with Crippen molar-refractivity contribution in [3.05, 3.63) is 98.4 Å². The van der Waals surface area contributed by atoms with Crippen LogP contribution in [0.15, 0.2) is 76.5 Å². The van der Waals surface area contributed by atoms with Gasteiger partial charge in [-0.05, 0) is 53.6 Å². The van der Waals surface area contributed by atoms with Crippen LogP contribution < -0.4 is 10.6 Å². The molecule has 4 rings (SSSR count). The van der Waals surface area contributed by atoms with Crippen molar-refractivity contribution in [2.75, 3.05) is 5.32 Å². The Balaban J connectivity index is 1.49. The molecule has 30 heavy (non-hydrogen) atoms. The van der Waals surface area contributed by atoms with Gasteiger partial charge in [-0.2, -0.15) is 0 Å². The molecule has 0 aromatic heterocycles. The molecule has 0 fully saturated rings. The lowest BCUT2D eigenvalue weighted by atomic mass is 10.1. The highest BCUT2D eigenvalue weighted by atomic mass is 35.5. The number of nitrogens with one attached hydrogen (secondary N) is 2. The summed E-state index contributed by atoms with van der Waals surface area (Å²) in [4.78, 5) is 26.5. The van der Waals surface area contributed by atoms with Gasteiger partial charge >= 0.3 is 0 Å². The Morgan fingerprint density at radius 1 is 1.03 bits per heavy atom. The number of halogens is 2. The van der Waals surface area contributed by atoms with Gasteiger partial charge in [0.15, 0.2) is 0 Å². The predicted molar refractivity (Wildman–Crippen MR) is 123 cm³/mol. The molecule has 7 heteroatoms. The maximum atomic E-state index is 12.5. The van der Waals surface area contributed by atoms with E-state index in [2.05, 4.69) is 10.6 Å². The molecule has 0 bridgehead atoms. The number of benzene rings is 3. The van der Waals surface area contributed by atoms with Crippen LogP contribution in [0, 0.1) is 0 Å². The molecule has 1 aliphatic rings. The molecule has 2 amide bonds. The van der Waals surface area contributed by atoms with Gasteiger partial charge in [0.25, 0.3) is 11.8 Å². The highest BCUT2D eigenvalue weighted by Gasteiger charge is 2.22. The Hall–Kier alpha value is -2.73. The molecule has 3 aromatic carbocycles. The minimum absolute atomic E-state index is 0.218. The van der Waals surface area contributed by atoms with Gasteiger partial charge < -0.3 is 10.6 Å². The van der Waals surface area contributed by atoms with Gasteiger partial charge in [0, 0.05) is 27.0 Å². The first-order valence-corrected chi connectivity index (χ1v) is 10.7. The summed E-state index contributed by atoms with van der Waals surface area (Å²) in [5.74, 6) is -0.449. The Bertz CT molecular complexity index is 1160. The summed E-state index contributed by atoms with van der Waals surface area (Å²) < 4.78 is 0. The van der Waals surface area contributed by atoms with Crippen molar-refractivity contribution in [3.63, 3.8) is 0 Å². The Labute approximate surface area is 188 Å². The van der Waals surface area contributed by atoms with Gasteiger partial charge in [0.2, 0.25) is 0 Å². The molecule has 1 heterocycles. The molecule has 2 N–H and O–H groups in total. The highest BCUT2D eigenvalue weighted by molar-refractivity contribution is 8.04. The van der Waals surface area contributed by atoms with E-state index in [0.29, 0.717) is 32.7 Å². The lowest BCUT2D eigenvalue weighted by molar-refractivity contribution is -0.112. The summed E-state index contributed by atoms with van der Waals surface area (Å²) in [5.41, 5.74) is 2.81. The van der Waals surface area contributed by atoms with Crippen molar-refractivity contribution in [2.45, 2.75) is 11.4 Å². The Morgan fingerprint density at radius 3 is 2.57 bits per heavy atom. The molecule has 3 aromatic rings. The smallest absolute Gasteiger partial charge is 0.262 e. The zero-order valence-electron chi connectivity index (χ0n) is 15.6. The number of fused-ring (bicyclic) bond motifs is 1. The largest absolute Gasteiger partial charge is 0.348 e. The molecule has 1 aliphatic heterocycles. The maximum Gasteiger partial charge on any atom is 0.262 e. The molecule has 0 aliphatic carbocycles. The van der Waals surface area contributed by atoms with E-state index in [0.717, 1.165) is 16.0 Å². The minimum atomic E-state index is -0.230. The van der Waals surface area contributed by atoms with Gasteiger partial charge in [-0.15, -0.1) is 0 Å². The average Bonchev–Trinajstić information content (AvgIpc) is 2.75. The summed E-state index contributed by atoms with van der Waals surface area (Å²) in [6.07, 6.45) is 1.76. The SMILES string of the molecule is O=C1Nc2cc(C(=O)NCc3ccc(Cl)cc3)ccc2S/C1=C/c1ccccc1Cl. The fraction of sp³-hybridized carbons (Fsp3) is 0.0435. The van der Waals surface area contributed by atoms with E-state index in [1.807, 2.05) is 36.4 Å². The number of hydrogen-bond donors (Lipinski definition) is 2. The van der Waals surface area contributed by atoms with Crippen LogP contribution in [0.1, 0.15) is 21.5 Å². The van der Waals surface area contributed by atoms with Crippen LogP contribution in [0.25, 0.3) is 6.08 Å². The van der Waals surface area contributed by atoms with Gasteiger partial charge in [0.1, 0.15) is 0 Å². The Kier molecular flexibility index (Phi) is 6.13. The number of amides is 2. The second-order valence-electron chi connectivity index (χ2n) is 6.61. The topological polar surface area (TPSA) is 58.2 Å². The average molecular weight is 455 g/mol. The number of hydrogen-bond acceptors (Lipinski definition) is 3. The summed E-state index contributed by atoms with van der Waals surface area (Å²) in [6, 6.07) is 19.9. The number of rotatable bonds is 4. The van der Waals surface area contributed by atoms with E-state index >= 15 is 0 Å². The van der Waals surface area contributed by atoms with Crippen LogP contribution in [-0.2, 0) is 11.3 Å². The van der Waals surface area contributed by atoms with E-state index in [1.54, 1.807) is 36.4 Å². The highest BCUT2D eigenvalue weighted by Crippen LogP contribution is 2.39. The quantitative estimate of drug-likeness (QED) is 0.474. The lowest BCUT2D eigenvalue weighted by Crippen LogP contribution is -2.23. The van der Waals surface area contributed by atoms with Gasteiger partial charge in [-0.1, -0.05) is 65.3 Å². The van der Waals surface area contributed by atoms with Crippen LogP contribution in [0.4, 0.5) is 5.69 Å². The molecule has 0 saturated heterocycles. The number of carbonyl (C=O) groups is 2. The van der Waals surface area contributed by atoms with Crippen LogP contribution in [0.5, 0.6) is 0 Å². The monoisotopic (exact) mass is 454 g/mol. The molecule has 0 spiro atoms.